The molecule has 0 amide bonds. The predicted octanol–water partition coefficient (Wildman–Crippen LogP) is 9.71. The third-order valence-electron chi connectivity index (χ3n) is 9.38. The number of hydrogen-bond donors (Lipinski definition) is 0. The Morgan fingerprint density at radius 1 is 0.500 bits per heavy atom. The van der Waals surface area contributed by atoms with E-state index >= 15 is 0 Å². The van der Waals surface area contributed by atoms with Gasteiger partial charge in [-0.25, -0.2) is 0 Å². The van der Waals surface area contributed by atoms with Crippen LogP contribution in [0.15, 0.2) is 140 Å². The van der Waals surface area contributed by atoms with Gasteiger partial charge in [-0.3, -0.25) is 0 Å². The minimum atomic E-state index is 0.0148. The van der Waals surface area contributed by atoms with E-state index in [1.54, 1.807) is 0 Å². The number of nitrogens with zero attached hydrogens (tertiary/aromatic N) is 1. The summed E-state index contributed by atoms with van der Waals surface area (Å²) in [5.41, 5.74) is 8.04. The van der Waals surface area contributed by atoms with Gasteiger partial charge in [0.2, 0.25) is 0 Å². The van der Waals surface area contributed by atoms with Crippen molar-refractivity contribution in [1.82, 2.24) is 0 Å². The van der Waals surface area contributed by atoms with Gasteiger partial charge in [-0.05, 0) is 101 Å². The molecule has 0 fully saturated rings. The first-order valence-electron chi connectivity index (χ1n) is 15.6. The molecule has 3 nitrogen and oxygen atoms in total. The fourth-order valence-corrected chi connectivity index (χ4v) is 8.57. The minimum absolute atomic E-state index is 0.0148. The molecule has 0 saturated heterocycles. The Morgan fingerprint density at radius 3 is 1.93 bits per heavy atom. The standard InChI is InChI=1S/C41H26BNO2S/c1-25-20-36-41-37(21-25)45-35-23-32-31-18-17-29(43(27-11-4-2-5-12-27)28-13-6-3-7-14-28)22-38(31)46-39(32)24-33(35)42(41)40-30-15-9-8-10-26(30)16-19-34(40)44-36/h2-24H,1H3. The van der Waals surface area contributed by atoms with Gasteiger partial charge in [-0.15, -0.1) is 11.3 Å². The first-order valence-corrected chi connectivity index (χ1v) is 16.4. The number of ether oxygens (including phenoxy) is 2. The maximum atomic E-state index is 6.75. The van der Waals surface area contributed by atoms with Crippen molar-refractivity contribution in [1.29, 1.82) is 0 Å². The molecule has 0 N–H and O–H groups in total. The van der Waals surface area contributed by atoms with E-state index in [2.05, 4.69) is 151 Å². The second-order valence-corrected chi connectivity index (χ2v) is 13.3. The largest absolute Gasteiger partial charge is 0.458 e. The third-order valence-corrected chi connectivity index (χ3v) is 10.5. The lowest BCUT2D eigenvalue weighted by Crippen LogP contribution is -2.57. The van der Waals surface area contributed by atoms with Crippen LogP contribution in [0.4, 0.5) is 17.1 Å². The van der Waals surface area contributed by atoms with Crippen molar-refractivity contribution in [3.05, 3.63) is 145 Å². The topological polar surface area (TPSA) is 21.7 Å². The van der Waals surface area contributed by atoms with Crippen LogP contribution in [0.1, 0.15) is 5.56 Å². The van der Waals surface area contributed by atoms with Crippen LogP contribution in [0.5, 0.6) is 23.0 Å². The molecule has 0 atom stereocenters. The van der Waals surface area contributed by atoms with Crippen molar-refractivity contribution < 1.29 is 9.47 Å². The average Bonchev–Trinajstić information content (AvgIpc) is 3.44. The van der Waals surface area contributed by atoms with Crippen molar-refractivity contribution >= 4 is 82.4 Å². The lowest BCUT2D eigenvalue weighted by atomic mass is 9.34. The number of para-hydroxylation sites is 2. The number of thiophene rings is 1. The lowest BCUT2D eigenvalue weighted by molar-refractivity contribution is 0.464. The van der Waals surface area contributed by atoms with Gasteiger partial charge in [0.15, 0.2) is 0 Å². The molecule has 2 aliphatic rings. The number of hydrogen-bond acceptors (Lipinski definition) is 4. The monoisotopic (exact) mass is 607 g/mol. The van der Waals surface area contributed by atoms with Crippen molar-refractivity contribution in [3.63, 3.8) is 0 Å². The summed E-state index contributed by atoms with van der Waals surface area (Å²) >= 11 is 1.85. The number of benzene rings is 7. The Balaban J connectivity index is 1.18. The molecular formula is C41H26BNO2S. The second kappa shape index (κ2) is 9.74. The van der Waals surface area contributed by atoms with E-state index in [0.717, 1.165) is 51.1 Å². The normalized spacial score (nSPS) is 12.8. The van der Waals surface area contributed by atoms with Gasteiger partial charge in [-0.1, -0.05) is 72.8 Å². The highest BCUT2D eigenvalue weighted by molar-refractivity contribution is 7.26. The van der Waals surface area contributed by atoms with Gasteiger partial charge < -0.3 is 14.4 Å². The summed E-state index contributed by atoms with van der Waals surface area (Å²) in [6.07, 6.45) is 0. The first-order chi connectivity index (χ1) is 22.7. The Morgan fingerprint density at radius 2 is 1.17 bits per heavy atom. The third kappa shape index (κ3) is 3.79. The van der Waals surface area contributed by atoms with Crippen LogP contribution in [-0.2, 0) is 0 Å². The van der Waals surface area contributed by atoms with Crippen LogP contribution in [0, 0.1) is 6.92 Å². The second-order valence-electron chi connectivity index (χ2n) is 12.2. The SMILES string of the molecule is Cc1cc2c3c(c1)Oc1ccc4ccccc4c1B3c1cc3sc4cc(N(c5ccccc5)c5ccccc5)ccc4c3cc1O2. The van der Waals surface area contributed by atoms with Gasteiger partial charge in [0.05, 0.1) is 0 Å². The van der Waals surface area contributed by atoms with Crippen molar-refractivity contribution in [2.45, 2.75) is 6.92 Å². The van der Waals surface area contributed by atoms with Crippen molar-refractivity contribution in [3.8, 4) is 23.0 Å². The molecule has 0 bridgehead atoms. The van der Waals surface area contributed by atoms with E-state index in [9.17, 15) is 0 Å². The molecule has 216 valence electrons. The van der Waals surface area contributed by atoms with Crippen LogP contribution in [0.3, 0.4) is 0 Å². The van der Waals surface area contributed by atoms with Crippen LogP contribution < -0.4 is 30.8 Å². The number of fused-ring (bicyclic) bond motifs is 9. The number of anilines is 3. The van der Waals surface area contributed by atoms with Crippen molar-refractivity contribution in [2.75, 3.05) is 4.90 Å². The highest BCUT2D eigenvalue weighted by atomic mass is 32.1. The molecule has 10 rings (SSSR count). The van der Waals surface area contributed by atoms with Crippen molar-refractivity contribution in [2.24, 2.45) is 0 Å². The zero-order valence-electron chi connectivity index (χ0n) is 25.0. The summed E-state index contributed by atoms with van der Waals surface area (Å²) in [7, 11) is 0. The maximum Gasteiger partial charge on any atom is 0.261 e. The fraction of sp³-hybridized carbons (Fsp3) is 0.0244. The minimum Gasteiger partial charge on any atom is -0.458 e. The molecule has 7 aromatic carbocycles. The van der Waals surface area contributed by atoms with E-state index in [4.69, 9.17) is 9.47 Å². The molecule has 3 heterocycles. The summed E-state index contributed by atoms with van der Waals surface area (Å²) in [5.74, 6) is 3.61. The predicted molar refractivity (Wildman–Crippen MR) is 194 cm³/mol. The molecule has 46 heavy (non-hydrogen) atoms. The molecule has 0 spiro atoms. The van der Waals surface area contributed by atoms with Gasteiger partial charge in [0.25, 0.3) is 6.71 Å². The highest BCUT2D eigenvalue weighted by Gasteiger charge is 2.41. The molecule has 5 heteroatoms. The van der Waals surface area contributed by atoms with E-state index < -0.39 is 0 Å². The van der Waals surface area contributed by atoms with Gasteiger partial charge in [-0.2, -0.15) is 0 Å². The smallest absolute Gasteiger partial charge is 0.261 e. The Kier molecular flexibility index (Phi) is 5.46. The molecule has 8 aromatic rings. The quantitative estimate of drug-likeness (QED) is 0.187. The summed E-state index contributed by atoms with van der Waals surface area (Å²) in [5, 5.41) is 4.90. The maximum absolute atomic E-state index is 6.75. The summed E-state index contributed by atoms with van der Waals surface area (Å²) in [4.78, 5) is 2.32. The van der Waals surface area contributed by atoms with Crippen LogP contribution >= 0.6 is 11.3 Å². The van der Waals surface area contributed by atoms with Crippen LogP contribution in [-0.4, -0.2) is 6.71 Å². The van der Waals surface area contributed by atoms with E-state index in [0.29, 0.717) is 0 Å². The summed E-state index contributed by atoms with van der Waals surface area (Å²) in [6, 6.07) is 49.8. The van der Waals surface area contributed by atoms with E-state index in [1.165, 1.54) is 41.9 Å². The average molecular weight is 608 g/mol. The molecule has 1 aromatic heterocycles. The molecule has 0 aliphatic carbocycles. The number of aryl methyl sites for hydroxylation is 1. The zero-order chi connectivity index (χ0) is 30.4. The summed E-state index contributed by atoms with van der Waals surface area (Å²) < 4.78 is 15.8. The molecule has 0 saturated carbocycles. The van der Waals surface area contributed by atoms with Gasteiger partial charge in [0, 0.05) is 42.7 Å². The Labute approximate surface area is 271 Å². The Hall–Kier alpha value is -5.52. The first kappa shape index (κ1) is 25.8. The molecule has 0 radical (unpaired) electrons. The van der Waals surface area contributed by atoms with Gasteiger partial charge in [0.1, 0.15) is 23.0 Å². The van der Waals surface area contributed by atoms with Crippen LogP contribution in [0.25, 0.3) is 30.9 Å². The van der Waals surface area contributed by atoms with Gasteiger partial charge >= 0.3 is 0 Å². The summed E-state index contributed by atoms with van der Waals surface area (Å²) in [6.45, 7) is 2.12. The van der Waals surface area contributed by atoms with E-state index in [1.807, 2.05) is 11.3 Å². The van der Waals surface area contributed by atoms with E-state index in [-0.39, 0.29) is 6.71 Å². The van der Waals surface area contributed by atoms with Crippen LogP contribution in [0.2, 0.25) is 0 Å². The Bertz CT molecular complexity index is 2470. The molecule has 2 aliphatic heterocycles. The lowest BCUT2D eigenvalue weighted by Gasteiger charge is -2.34. The highest BCUT2D eigenvalue weighted by Crippen LogP contribution is 2.43. The zero-order valence-corrected chi connectivity index (χ0v) is 25.8. The number of rotatable bonds is 3. The molecular weight excluding hydrogens is 581 g/mol. The fourth-order valence-electron chi connectivity index (χ4n) is 7.40. The molecule has 0 unspecified atom stereocenters.